The number of carbonyl (C=O) groups is 2. The minimum Gasteiger partial charge on any atom is -0.497 e. The molecule has 1 N–H and O–H groups in total. The molecule has 3 rings (SSSR count). The van der Waals surface area contributed by atoms with E-state index in [-0.39, 0.29) is 11.9 Å². The Morgan fingerprint density at radius 1 is 1.16 bits per heavy atom. The second-order valence-corrected chi connectivity index (χ2v) is 6.97. The van der Waals surface area contributed by atoms with Gasteiger partial charge in [-0.1, -0.05) is 31.0 Å². The summed E-state index contributed by atoms with van der Waals surface area (Å²) in [5.74, 6) is -0.0809. The molecule has 0 saturated heterocycles. The highest BCUT2D eigenvalue weighted by atomic mass is 32.1. The first-order valence-corrected chi connectivity index (χ1v) is 9.24. The van der Waals surface area contributed by atoms with Gasteiger partial charge in [-0.15, -0.1) is 11.3 Å². The third-order valence-corrected chi connectivity index (χ3v) is 5.16. The summed E-state index contributed by atoms with van der Waals surface area (Å²) in [6, 6.07) is 10.6. The molecule has 2 aromatic rings. The number of amides is 1. The normalized spacial score (nSPS) is 15.6. The van der Waals surface area contributed by atoms with Gasteiger partial charge in [0.25, 0.3) is 5.91 Å². The summed E-state index contributed by atoms with van der Waals surface area (Å²) in [7, 11) is 1.58. The fraction of sp³-hybridized carbons (Fsp3) is 0.368. The zero-order valence-corrected chi connectivity index (χ0v) is 14.9. The standard InChI is InChI=1S/C19H21NO4S/c1-23-15-10-8-13(9-11-15)17(18(21)20-14-5-2-3-6-14)24-19(22)16-7-4-12-25-16/h4,7-12,14,17H,2-3,5-6H2,1H3,(H,20,21)/t17-/m1/s1. The summed E-state index contributed by atoms with van der Waals surface area (Å²) in [5, 5.41) is 4.82. The molecule has 1 aliphatic rings. The number of benzene rings is 1. The van der Waals surface area contributed by atoms with Crippen LogP contribution in [-0.2, 0) is 9.53 Å². The Hall–Kier alpha value is -2.34. The van der Waals surface area contributed by atoms with Crippen LogP contribution in [0.25, 0.3) is 0 Å². The lowest BCUT2D eigenvalue weighted by atomic mass is 10.1. The Balaban J connectivity index is 1.78. The molecular weight excluding hydrogens is 338 g/mol. The van der Waals surface area contributed by atoms with Gasteiger partial charge in [0.1, 0.15) is 10.6 Å². The van der Waals surface area contributed by atoms with E-state index in [1.807, 2.05) is 0 Å². The minimum absolute atomic E-state index is 0.161. The highest BCUT2D eigenvalue weighted by molar-refractivity contribution is 7.11. The molecule has 1 aromatic carbocycles. The molecule has 0 unspecified atom stereocenters. The van der Waals surface area contributed by atoms with E-state index in [9.17, 15) is 9.59 Å². The number of ether oxygens (including phenoxy) is 2. The predicted molar refractivity (Wildman–Crippen MR) is 95.9 cm³/mol. The van der Waals surface area contributed by atoms with Crippen LogP contribution in [-0.4, -0.2) is 25.0 Å². The molecule has 1 aromatic heterocycles. The Morgan fingerprint density at radius 3 is 2.48 bits per heavy atom. The lowest BCUT2D eigenvalue weighted by Gasteiger charge is -2.20. The Morgan fingerprint density at radius 2 is 1.88 bits per heavy atom. The number of hydrogen-bond donors (Lipinski definition) is 1. The van der Waals surface area contributed by atoms with Crippen LogP contribution in [0.3, 0.4) is 0 Å². The SMILES string of the molecule is COc1ccc([C@@H](OC(=O)c2cccs2)C(=O)NC2CCCC2)cc1. The van der Waals surface area contributed by atoms with Gasteiger partial charge < -0.3 is 14.8 Å². The molecule has 5 nitrogen and oxygen atoms in total. The van der Waals surface area contributed by atoms with Gasteiger partial charge in [-0.05, 0) is 36.4 Å². The lowest BCUT2D eigenvalue weighted by molar-refractivity contribution is -0.131. The molecule has 0 spiro atoms. The molecule has 1 fully saturated rings. The second-order valence-electron chi connectivity index (χ2n) is 6.03. The maximum atomic E-state index is 12.7. The monoisotopic (exact) mass is 359 g/mol. The van der Waals surface area contributed by atoms with Crippen LogP contribution < -0.4 is 10.1 Å². The maximum absolute atomic E-state index is 12.7. The van der Waals surface area contributed by atoms with Gasteiger partial charge in [0.05, 0.1) is 7.11 Å². The molecule has 6 heteroatoms. The second kappa shape index (κ2) is 8.16. The Labute approximate surface area is 151 Å². The maximum Gasteiger partial charge on any atom is 0.349 e. The molecule has 0 aliphatic heterocycles. The highest BCUT2D eigenvalue weighted by Crippen LogP contribution is 2.25. The summed E-state index contributed by atoms with van der Waals surface area (Å²) in [6.07, 6.45) is 3.21. The fourth-order valence-corrected chi connectivity index (χ4v) is 3.56. The lowest BCUT2D eigenvalue weighted by Crippen LogP contribution is -2.38. The number of rotatable bonds is 6. The largest absolute Gasteiger partial charge is 0.497 e. The summed E-state index contributed by atoms with van der Waals surface area (Å²) in [4.78, 5) is 25.6. The van der Waals surface area contributed by atoms with Gasteiger partial charge in [0.15, 0.2) is 0 Å². The molecule has 1 atom stereocenters. The van der Waals surface area contributed by atoms with Gasteiger partial charge in [-0.2, -0.15) is 0 Å². The molecule has 1 saturated carbocycles. The summed E-state index contributed by atoms with van der Waals surface area (Å²) < 4.78 is 10.7. The van der Waals surface area contributed by atoms with E-state index in [1.165, 1.54) is 11.3 Å². The predicted octanol–water partition coefficient (Wildman–Crippen LogP) is 3.71. The van der Waals surface area contributed by atoms with Gasteiger partial charge in [0.2, 0.25) is 6.10 Å². The van der Waals surface area contributed by atoms with E-state index in [0.717, 1.165) is 25.7 Å². The zero-order chi connectivity index (χ0) is 17.6. The van der Waals surface area contributed by atoms with Crippen LogP contribution in [0.5, 0.6) is 5.75 Å². The van der Waals surface area contributed by atoms with E-state index in [0.29, 0.717) is 16.2 Å². The molecule has 25 heavy (non-hydrogen) atoms. The summed E-state index contributed by atoms with van der Waals surface area (Å²) >= 11 is 1.29. The number of thiophene rings is 1. The number of hydrogen-bond acceptors (Lipinski definition) is 5. The van der Waals surface area contributed by atoms with E-state index in [1.54, 1.807) is 48.9 Å². The fourth-order valence-electron chi connectivity index (χ4n) is 2.96. The molecular formula is C19H21NO4S. The van der Waals surface area contributed by atoms with Crippen molar-refractivity contribution in [3.8, 4) is 5.75 Å². The Kier molecular flexibility index (Phi) is 5.71. The van der Waals surface area contributed by atoms with Crippen molar-refractivity contribution in [3.63, 3.8) is 0 Å². The third-order valence-electron chi connectivity index (χ3n) is 4.31. The van der Waals surface area contributed by atoms with Gasteiger partial charge in [-0.25, -0.2) is 4.79 Å². The third kappa shape index (κ3) is 4.39. The van der Waals surface area contributed by atoms with Gasteiger partial charge >= 0.3 is 5.97 Å². The summed E-state index contributed by atoms with van der Waals surface area (Å²) in [6.45, 7) is 0. The topological polar surface area (TPSA) is 64.6 Å². The van der Waals surface area contributed by atoms with E-state index in [2.05, 4.69) is 5.32 Å². The quantitative estimate of drug-likeness (QED) is 0.799. The van der Waals surface area contributed by atoms with Crippen LogP contribution >= 0.6 is 11.3 Å². The van der Waals surface area contributed by atoms with Crippen molar-refractivity contribution in [2.24, 2.45) is 0 Å². The highest BCUT2D eigenvalue weighted by Gasteiger charge is 2.28. The van der Waals surface area contributed by atoms with Crippen LogP contribution in [0.2, 0.25) is 0 Å². The summed E-state index contributed by atoms with van der Waals surface area (Å²) in [5.41, 5.74) is 0.626. The first kappa shape index (κ1) is 17.5. The van der Waals surface area contributed by atoms with Crippen molar-refractivity contribution in [2.75, 3.05) is 7.11 Å². The molecule has 0 bridgehead atoms. The number of carbonyl (C=O) groups excluding carboxylic acids is 2. The molecule has 1 amide bonds. The average Bonchev–Trinajstić information content (AvgIpc) is 3.33. The van der Waals surface area contributed by atoms with Crippen LogP contribution in [0.15, 0.2) is 41.8 Å². The molecule has 132 valence electrons. The van der Waals surface area contributed by atoms with Crippen molar-refractivity contribution >= 4 is 23.2 Å². The van der Waals surface area contributed by atoms with Gasteiger partial charge in [0, 0.05) is 11.6 Å². The van der Waals surface area contributed by atoms with Crippen LogP contribution in [0.1, 0.15) is 47.0 Å². The van der Waals surface area contributed by atoms with Crippen molar-refractivity contribution in [1.29, 1.82) is 0 Å². The zero-order valence-electron chi connectivity index (χ0n) is 14.1. The first-order valence-electron chi connectivity index (χ1n) is 8.36. The number of nitrogens with one attached hydrogen (secondary N) is 1. The van der Waals surface area contributed by atoms with Crippen LogP contribution in [0, 0.1) is 0 Å². The minimum atomic E-state index is -0.971. The van der Waals surface area contributed by atoms with E-state index < -0.39 is 12.1 Å². The van der Waals surface area contributed by atoms with Crippen molar-refractivity contribution in [1.82, 2.24) is 5.32 Å². The molecule has 1 aliphatic carbocycles. The average molecular weight is 359 g/mol. The van der Waals surface area contributed by atoms with Gasteiger partial charge in [-0.3, -0.25) is 4.79 Å². The smallest absolute Gasteiger partial charge is 0.349 e. The van der Waals surface area contributed by atoms with Crippen molar-refractivity contribution < 1.29 is 19.1 Å². The van der Waals surface area contributed by atoms with Crippen LogP contribution in [0.4, 0.5) is 0 Å². The molecule has 1 heterocycles. The van der Waals surface area contributed by atoms with Crippen molar-refractivity contribution in [3.05, 3.63) is 52.2 Å². The molecule has 0 radical (unpaired) electrons. The number of esters is 1. The van der Waals surface area contributed by atoms with E-state index in [4.69, 9.17) is 9.47 Å². The van der Waals surface area contributed by atoms with E-state index >= 15 is 0 Å². The Bertz CT molecular complexity index is 706. The first-order chi connectivity index (χ1) is 12.2. The van der Waals surface area contributed by atoms with Crippen molar-refractivity contribution in [2.45, 2.75) is 37.8 Å². The number of methoxy groups -OCH3 is 1.